The fourth-order valence-corrected chi connectivity index (χ4v) is 3.45. The van der Waals surface area contributed by atoms with Gasteiger partial charge in [-0.05, 0) is 23.8 Å². The molecule has 122 valence electrons. The van der Waals surface area contributed by atoms with Gasteiger partial charge in [-0.15, -0.1) is 11.3 Å². The fraction of sp³-hybridized carbons (Fsp3) is 0.0667. The Labute approximate surface area is 151 Å². The Kier molecular flexibility index (Phi) is 4.94. The highest BCUT2D eigenvalue weighted by Gasteiger charge is 2.14. The van der Waals surface area contributed by atoms with Crippen molar-refractivity contribution in [1.82, 2.24) is 15.0 Å². The number of nitrogens with one attached hydrogen (secondary N) is 1. The van der Waals surface area contributed by atoms with Gasteiger partial charge in [0.25, 0.3) is 5.91 Å². The Bertz CT molecular complexity index is 879. The van der Waals surface area contributed by atoms with E-state index < -0.39 is 5.91 Å². The predicted molar refractivity (Wildman–Crippen MR) is 95.8 cm³/mol. The summed E-state index contributed by atoms with van der Waals surface area (Å²) in [6.45, 7) is 0. The van der Waals surface area contributed by atoms with E-state index in [1.54, 1.807) is 12.3 Å². The third-order valence-corrected chi connectivity index (χ3v) is 4.37. The summed E-state index contributed by atoms with van der Waals surface area (Å²) in [5, 5.41) is 4.27. The van der Waals surface area contributed by atoms with E-state index >= 15 is 0 Å². The average Bonchev–Trinajstić information content (AvgIpc) is 2.93. The zero-order chi connectivity index (χ0) is 17.1. The molecule has 0 saturated heterocycles. The zero-order valence-electron chi connectivity index (χ0n) is 12.2. The third-order valence-electron chi connectivity index (χ3n) is 3.02. The van der Waals surface area contributed by atoms with Crippen LogP contribution in [-0.4, -0.2) is 20.9 Å². The van der Waals surface area contributed by atoms with Crippen molar-refractivity contribution >= 4 is 51.4 Å². The number of nitrogen functional groups attached to an aromatic ring is 1. The second-order valence-corrected chi connectivity index (χ2v) is 6.82. The zero-order valence-corrected chi connectivity index (χ0v) is 14.5. The minimum Gasteiger partial charge on any atom is -0.382 e. The number of carbonyl (C=O) groups excluding carboxylic acids is 1. The molecule has 2 aromatic heterocycles. The van der Waals surface area contributed by atoms with Gasteiger partial charge in [0, 0.05) is 39.9 Å². The molecule has 3 N–H and O–H groups in total. The van der Waals surface area contributed by atoms with Crippen LogP contribution in [0.4, 0.5) is 10.9 Å². The smallest absolute Gasteiger partial charge is 0.279 e. The molecule has 0 aliphatic rings. The fourth-order valence-electron chi connectivity index (χ4n) is 2.04. The van der Waals surface area contributed by atoms with E-state index in [-0.39, 0.29) is 11.5 Å². The first-order valence-corrected chi connectivity index (χ1v) is 8.36. The van der Waals surface area contributed by atoms with Gasteiger partial charge in [-0.2, -0.15) is 0 Å². The van der Waals surface area contributed by atoms with Gasteiger partial charge < -0.3 is 5.73 Å². The molecule has 6 nitrogen and oxygen atoms in total. The highest BCUT2D eigenvalue weighted by atomic mass is 35.5. The minimum atomic E-state index is -0.452. The summed E-state index contributed by atoms with van der Waals surface area (Å²) in [5.41, 5.74) is 6.66. The lowest BCUT2D eigenvalue weighted by Gasteiger charge is -2.02. The largest absolute Gasteiger partial charge is 0.382 e. The number of hydrogen-bond acceptors (Lipinski definition) is 6. The molecule has 0 bridgehead atoms. The van der Waals surface area contributed by atoms with Crippen LogP contribution in [0.25, 0.3) is 0 Å². The molecule has 0 radical (unpaired) electrons. The number of amides is 1. The number of nitrogens with two attached hydrogens (primary N) is 1. The molecule has 0 aliphatic heterocycles. The molecule has 0 spiro atoms. The molecule has 0 atom stereocenters. The van der Waals surface area contributed by atoms with E-state index in [1.165, 1.54) is 23.7 Å². The first-order chi connectivity index (χ1) is 11.5. The Morgan fingerprint density at radius 1 is 1.12 bits per heavy atom. The van der Waals surface area contributed by atoms with Crippen molar-refractivity contribution < 1.29 is 4.79 Å². The molecule has 3 rings (SSSR count). The summed E-state index contributed by atoms with van der Waals surface area (Å²) in [6.07, 6.45) is 5.13. The van der Waals surface area contributed by atoms with Crippen molar-refractivity contribution in [1.29, 1.82) is 0 Å². The Morgan fingerprint density at radius 2 is 1.83 bits per heavy atom. The molecule has 2 heterocycles. The Hall–Kier alpha value is -2.22. The molecule has 24 heavy (non-hydrogen) atoms. The van der Waals surface area contributed by atoms with Crippen molar-refractivity contribution in [2.24, 2.45) is 0 Å². The van der Waals surface area contributed by atoms with Crippen LogP contribution in [-0.2, 0) is 6.42 Å². The molecule has 0 unspecified atom stereocenters. The number of halogens is 2. The maximum atomic E-state index is 12.1. The van der Waals surface area contributed by atoms with Crippen molar-refractivity contribution in [3.8, 4) is 0 Å². The van der Waals surface area contributed by atoms with Crippen LogP contribution in [0.1, 0.15) is 20.9 Å². The summed E-state index contributed by atoms with van der Waals surface area (Å²) in [5.74, 6) is -0.382. The number of carbonyl (C=O) groups is 1. The lowest BCUT2D eigenvalue weighted by molar-refractivity contribution is 0.102. The molecule has 0 aliphatic carbocycles. The second kappa shape index (κ2) is 7.12. The summed E-state index contributed by atoms with van der Waals surface area (Å²) in [6, 6.07) is 5.35. The van der Waals surface area contributed by atoms with Crippen LogP contribution < -0.4 is 11.1 Å². The molecular weight excluding hydrogens is 369 g/mol. The van der Waals surface area contributed by atoms with Crippen LogP contribution in [0.2, 0.25) is 10.0 Å². The first-order valence-electron chi connectivity index (χ1n) is 6.79. The summed E-state index contributed by atoms with van der Waals surface area (Å²) in [7, 11) is 0. The normalized spacial score (nSPS) is 10.6. The predicted octanol–water partition coefficient (Wildman–Crippen LogP) is 3.67. The second-order valence-electron chi connectivity index (χ2n) is 4.83. The topological polar surface area (TPSA) is 93.8 Å². The molecule has 0 fully saturated rings. The van der Waals surface area contributed by atoms with E-state index in [0.29, 0.717) is 21.6 Å². The van der Waals surface area contributed by atoms with Crippen molar-refractivity contribution in [3.05, 3.63) is 63.0 Å². The van der Waals surface area contributed by atoms with Gasteiger partial charge in [-0.3, -0.25) is 10.1 Å². The summed E-state index contributed by atoms with van der Waals surface area (Å²) >= 11 is 13.3. The van der Waals surface area contributed by atoms with Crippen LogP contribution in [0.3, 0.4) is 0 Å². The lowest BCUT2D eigenvalue weighted by Crippen LogP contribution is -2.16. The number of benzene rings is 1. The Morgan fingerprint density at radius 3 is 2.54 bits per heavy atom. The van der Waals surface area contributed by atoms with Crippen LogP contribution in [0, 0.1) is 0 Å². The van der Waals surface area contributed by atoms with E-state index in [1.807, 2.05) is 12.1 Å². The van der Waals surface area contributed by atoms with Gasteiger partial charge in [0.2, 0.25) is 0 Å². The standard InChI is InChI=1S/C15H11Cl2N5OS/c16-9-3-8(4-10(17)6-9)5-11-7-21-15(24-11)22-14(23)12-13(18)20-2-1-19-12/h1-4,6-7H,5H2,(H2,18,20)(H,21,22,23). The Balaban J connectivity index is 1.71. The van der Waals surface area contributed by atoms with Gasteiger partial charge in [0.1, 0.15) is 0 Å². The maximum Gasteiger partial charge on any atom is 0.279 e. The monoisotopic (exact) mass is 379 g/mol. The van der Waals surface area contributed by atoms with Gasteiger partial charge in [-0.1, -0.05) is 23.2 Å². The summed E-state index contributed by atoms with van der Waals surface area (Å²) in [4.78, 5) is 25.0. The van der Waals surface area contributed by atoms with Crippen LogP contribution >= 0.6 is 34.5 Å². The number of nitrogens with zero attached hydrogens (tertiary/aromatic N) is 3. The molecule has 9 heteroatoms. The van der Waals surface area contributed by atoms with Crippen LogP contribution in [0.5, 0.6) is 0 Å². The number of aromatic nitrogens is 3. The number of anilines is 2. The highest BCUT2D eigenvalue weighted by molar-refractivity contribution is 7.15. The molecule has 3 aromatic rings. The number of rotatable bonds is 4. The summed E-state index contributed by atoms with van der Waals surface area (Å²) < 4.78 is 0. The lowest BCUT2D eigenvalue weighted by atomic mass is 10.1. The van der Waals surface area contributed by atoms with Crippen molar-refractivity contribution in [2.75, 3.05) is 11.1 Å². The molecule has 1 amide bonds. The third kappa shape index (κ3) is 4.00. The van der Waals surface area contributed by atoms with E-state index in [9.17, 15) is 4.79 Å². The highest BCUT2D eigenvalue weighted by Crippen LogP contribution is 2.25. The van der Waals surface area contributed by atoms with E-state index in [2.05, 4.69) is 20.3 Å². The van der Waals surface area contributed by atoms with Gasteiger partial charge in [-0.25, -0.2) is 15.0 Å². The van der Waals surface area contributed by atoms with Crippen LogP contribution in [0.15, 0.2) is 36.8 Å². The number of hydrogen-bond donors (Lipinski definition) is 2. The molecule has 1 aromatic carbocycles. The first kappa shape index (κ1) is 16.6. The minimum absolute atomic E-state index is 0.0656. The van der Waals surface area contributed by atoms with Crippen molar-refractivity contribution in [2.45, 2.75) is 6.42 Å². The van der Waals surface area contributed by atoms with E-state index in [0.717, 1.165) is 10.4 Å². The quantitative estimate of drug-likeness (QED) is 0.720. The van der Waals surface area contributed by atoms with Gasteiger partial charge in [0.15, 0.2) is 16.6 Å². The SMILES string of the molecule is Nc1nccnc1C(=O)Nc1ncc(Cc2cc(Cl)cc(Cl)c2)s1. The average molecular weight is 380 g/mol. The molecule has 0 saturated carbocycles. The van der Waals surface area contributed by atoms with Crippen molar-refractivity contribution in [3.63, 3.8) is 0 Å². The van der Waals surface area contributed by atoms with E-state index in [4.69, 9.17) is 28.9 Å². The van der Waals surface area contributed by atoms with Gasteiger partial charge in [0.05, 0.1) is 0 Å². The number of thiazole rings is 1. The maximum absolute atomic E-state index is 12.1. The van der Waals surface area contributed by atoms with Gasteiger partial charge >= 0.3 is 0 Å². The molecular formula is C15H11Cl2N5OS.